The number of carbonyl (C=O) groups is 1. The number of nitrogens with zero attached hydrogens (tertiary/aromatic N) is 2. The zero-order valence-corrected chi connectivity index (χ0v) is 11.4. The molecule has 2 rings (SSSR count). The summed E-state index contributed by atoms with van der Waals surface area (Å²) in [4.78, 5) is 17.9. The van der Waals surface area contributed by atoms with Gasteiger partial charge >= 0.3 is 0 Å². The number of primary amides is 1. The van der Waals surface area contributed by atoms with Crippen LogP contribution in [0.15, 0.2) is 42.6 Å². The first kappa shape index (κ1) is 13.9. The molecule has 1 amide bonds. The van der Waals surface area contributed by atoms with E-state index in [0.717, 1.165) is 17.9 Å². The smallest absolute Gasteiger partial charge is 0.250 e. The minimum Gasteiger partial charge on any atom is -0.399 e. The predicted molar refractivity (Wildman–Crippen MR) is 80.3 cm³/mol. The van der Waals surface area contributed by atoms with Crippen molar-refractivity contribution in [3.8, 4) is 0 Å². The van der Waals surface area contributed by atoms with Gasteiger partial charge in [-0.3, -0.25) is 9.78 Å². The summed E-state index contributed by atoms with van der Waals surface area (Å²) in [6, 6.07) is 11.0. The van der Waals surface area contributed by atoms with Crippen LogP contribution in [0.4, 0.5) is 11.4 Å². The Kier molecular flexibility index (Phi) is 4.20. The second-order valence-electron chi connectivity index (χ2n) is 4.48. The molecule has 1 aromatic heterocycles. The van der Waals surface area contributed by atoms with Crippen LogP contribution in [-0.4, -0.2) is 17.4 Å². The molecule has 1 heterocycles. The number of nitrogen functional groups attached to an aromatic ring is 1. The fraction of sp³-hybridized carbons (Fsp3) is 0.200. The zero-order chi connectivity index (χ0) is 14.5. The van der Waals surface area contributed by atoms with E-state index in [-0.39, 0.29) is 0 Å². The molecule has 5 nitrogen and oxygen atoms in total. The Morgan fingerprint density at radius 2 is 2.10 bits per heavy atom. The summed E-state index contributed by atoms with van der Waals surface area (Å²) in [6.45, 7) is 3.37. The molecule has 0 saturated heterocycles. The number of hydrogen-bond acceptors (Lipinski definition) is 4. The first-order chi connectivity index (χ1) is 9.61. The van der Waals surface area contributed by atoms with E-state index in [0.29, 0.717) is 17.8 Å². The topological polar surface area (TPSA) is 85.2 Å². The fourth-order valence-electron chi connectivity index (χ4n) is 2.08. The number of hydrogen-bond donors (Lipinski definition) is 2. The fourth-order valence-corrected chi connectivity index (χ4v) is 2.08. The van der Waals surface area contributed by atoms with Gasteiger partial charge in [-0.2, -0.15) is 0 Å². The number of nitrogens with two attached hydrogens (primary N) is 2. The van der Waals surface area contributed by atoms with E-state index in [1.807, 2.05) is 36.1 Å². The SMILES string of the molecule is CCN(Cc1ccccn1)c1ccc(N)cc1C(N)=O. The molecule has 0 spiro atoms. The lowest BCUT2D eigenvalue weighted by atomic mass is 10.1. The molecule has 2 aromatic rings. The number of anilines is 2. The largest absolute Gasteiger partial charge is 0.399 e. The normalized spacial score (nSPS) is 10.2. The van der Waals surface area contributed by atoms with Crippen molar-refractivity contribution >= 4 is 17.3 Å². The summed E-state index contributed by atoms with van der Waals surface area (Å²) in [6.07, 6.45) is 1.75. The Morgan fingerprint density at radius 1 is 1.30 bits per heavy atom. The van der Waals surface area contributed by atoms with Gasteiger partial charge in [-0.25, -0.2) is 0 Å². The molecule has 0 saturated carbocycles. The van der Waals surface area contributed by atoms with Crippen LogP contribution in [0.2, 0.25) is 0 Å². The molecule has 104 valence electrons. The van der Waals surface area contributed by atoms with Crippen LogP contribution in [0.5, 0.6) is 0 Å². The van der Waals surface area contributed by atoms with Crippen LogP contribution < -0.4 is 16.4 Å². The summed E-state index contributed by atoms with van der Waals surface area (Å²) < 4.78 is 0. The van der Waals surface area contributed by atoms with Crippen LogP contribution in [0, 0.1) is 0 Å². The third-order valence-electron chi connectivity index (χ3n) is 3.09. The maximum atomic E-state index is 11.6. The molecule has 0 aliphatic heterocycles. The second kappa shape index (κ2) is 6.06. The second-order valence-corrected chi connectivity index (χ2v) is 4.48. The number of benzene rings is 1. The Hall–Kier alpha value is -2.56. The lowest BCUT2D eigenvalue weighted by Crippen LogP contribution is -2.26. The van der Waals surface area contributed by atoms with E-state index in [1.54, 1.807) is 18.3 Å². The molecule has 0 bridgehead atoms. The van der Waals surface area contributed by atoms with Crippen molar-refractivity contribution in [3.05, 3.63) is 53.9 Å². The van der Waals surface area contributed by atoms with Crippen molar-refractivity contribution in [2.75, 3.05) is 17.2 Å². The third-order valence-corrected chi connectivity index (χ3v) is 3.09. The van der Waals surface area contributed by atoms with E-state index in [4.69, 9.17) is 11.5 Å². The Balaban J connectivity index is 2.34. The Labute approximate surface area is 118 Å². The van der Waals surface area contributed by atoms with E-state index >= 15 is 0 Å². The molecule has 20 heavy (non-hydrogen) atoms. The van der Waals surface area contributed by atoms with Crippen LogP contribution in [0.1, 0.15) is 23.0 Å². The number of aromatic nitrogens is 1. The van der Waals surface area contributed by atoms with E-state index in [9.17, 15) is 4.79 Å². The van der Waals surface area contributed by atoms with Crippen LogP contribution >= 0.6 is 0 Å². The summed E-state index contributed by atoms with van der Waals surface area (Å²) >= 11 is 0. The van der Waals surface area contributed by atoms with Crippen LogP contribution in [0.25, 0.3) is 0 Å². The predicted octanol–water partition coefficient (Wildman–Crippen LogP) is 1.79. The summed E-state index contributed by atoms with van der Waals surface area (Å²) in [5.41, 5.74) is 13.8. The molecule has 4 N–H and O–H groups in total. The summed E-state index contributed by atoms with van der Waals surface area (Å²) in [5.74, 6) is -0.480. The molecular formula is C15H18N4O. The zero-order valence-electron chi connectivity index (χ0n) is 11.4. The highest BCUT2D eigenvalue weighted by Gasteiger charge is 2.14. The number of carbonyl (C=O) groups excluding carboxylic acids is 1. The molecule has 0 aliphatic carbocycles. The van der Waals surface area contributed by atoms with Crippen LogP contribution in [-0.2, 0) is 6.54 Å². The van der Waals surface area contributed by atoms with Gasteiger partial charge in [0.1, 0.15) is 0 Å². The quantitative estimate of drug-likeness (QED) is 0.811. The molecule has 0 aliphatic rings. The molecule has 1 aromatic carbocycles. The molecule has 5 heteroatoms. The van der Waals surface area contributed by atoms with Gasteiger partial charge in [-0.1, -0.05) is 6.07 Å². The van der Waals surface area contributed by atoms with Gasteiger partial charge in [-0.15, -0.1) is 0 Å². The Morgan fingerprint density at radius 3 is 2.70 bits per heavy atom. The van der Waals surface area contributed by atoms with Crippen molar-refractivity contribution in [2.24, 2.45) is 5.73 Å². The maximum absolute atomic E-state index is 11.6. The molecule has 0 fully saturated rings. The van der Waals surface area contributed by atoms with Crippen molar-refractivity contribution < 1.29 is 4.79 Å². The number of pyridine rings is 1. The Bertz CT molecular complexity index is 598. The average Bonchev–Trinajstić information content (AvgIpc) is 2.46. The first-order valence-corrected chi connectivity index (χ1v) is 6.46. The lowest BCUT2D eigenvalue weighted by Gasteiger charge is -2.24. The van der Waals surface area contributed by atoms with Crippen LogP contribution in [0.3, 0.4) is 0 Å². The molecule has 0 radical (unpaired) electrons. The van der Waals surface area contributed by atoms with Gasteiger partial charge in [0.15, 0.2) is 0 Å². The van der Waals surface area contributed by atoms with E-state index < -0.39 is 5.91 Å². The minimum atomic E-state index is -0.480. The van der Waals surface area contributed by atoms with Crippen molar-refractivity contribution in [2.45, 2.75) is 13.5 Å². The van der Waals surface area contributed by atoms with Gasteiger partial charge in [-0.05, 0) is 37.3 Å². The summed E-state index contributed by atoms with van der Waals surface area (Å²) in [5, 5.41) is 0. The highest BCUT2D eigenvalue weighted by molar-refractivity contribution is 5.99. The van der Waals surface area contributed by atoms with Gasteiger partial charge in [0.05, 0.1) is 17.8 Å². The van der Waals surface area contributed by atoms with E-state index in [1.165, 1.54) is 0 Å². The molecule has 0 unspecified atom stereocenters. The lowest BCUT2D eigenvalue weighted by molar-refractivity contribution is 0.100. The molecular weight excluding hydrogens is 252 g/mol. The number of amides is 1. The van der Waals surface area contributed by atoms with Gasteiger partial charge < -0.3 is 16.4 Å². The van der Waals surface area contributed by atoms with Gasteiger partial charge in [0.25, 0.3) is 5.91 Å². The van der Waals surface area contributed by atoms with Crippen molar-refractivity contribution in [3.63, 3.8) is 0 Å². The van der Waals surface area contributed by atoms with Crippen molar-refractivity contribution in [1.29, 1.82) is 0 Å². The highest BCUT2D eigenvalue weighted by Crippen LogP contribution is 2.24. The van der Waals surface area contributed by atoms with Gasteiger partial charge in [0.2, 0.25) is 0 Å². The monoisotopic (exact) mass is 270 g/mol. The summed E-state index contributed by atoms with van der Waals surface area (Å²) in [7, 11) is 0. The standard InChI is InChI=1S/C15H18N4O/c1-2-19(10-12-5-3-4-8-18-12)14-7-6-11(16)9-13(14)15(17)20/h3-9H,2,10,16H2,1H3,(H2,17,20). The first-order valence-electron chi connectivity index (χ1n) is 6.46. The maximum Gasteiger partial charge on any atom is 0.250 e. The third kappa shape index (κ3) is 3.06. The average molecular weight is 270 g/mol. The highest BCUT2D eigenvalue weighted by atomic mass is 16.1. The molecule has 0 atom stereocenters. The number of rotatable bonds is 5. The van der Waals surface area contributed by atoms with E-state index in [2.05, 4.69) is 4.98 Å². The van der Waals surface area contributed by atoms with Gasteiger partial charge in [0, 0.05) is 24.1 Å². The van der Waals surface area contributed by atoms with Crippen molar-refractivity contribution in [1.82, 2.24) is 4.98 Å². The minimum absolute atomic E-state index is 0.433.